The number of nitrogens with zero attached hydrogens (tertiary/aromatic N) is 2. The van der Waals surface area contributed by atoms with Crippen LogP contribution in [0.5, 0.6) is 0 Å². The van der Waals surface area contributed by atoms with Crippen molar-refractivity contribution in [2.75, 3.05) is 0 Å². The number of carbonyl (C=O) groups excluding carboxylic acids is 1. The molecule has 6 nitrogen and oxygen atoms in total. The molecule has 0 aromatic carbocycles. The first kappa shape index (κ1) is 14.6. The molecular formula is C14H21N3O3. The summed E-state index contributed by atoms with van der Waals surface area (Å²) in [4.78, 5) is 27.6. The third kappa shape index (κ3) is 3.00. The van der Waals surface area contributed by atoms with Gasteiger partial charge >= 0.3 is 5.97 Å². The van der Waals surface area contributed by atoms with E-state index in [0.29, 0.717) is 13.0 Å². The van der Waals surface area contributed by atoms with E-state index in [4.69, 9.17) is 0 Å². The van der Waals surface area contributed by atoms with E-state index >= 15 is 0 Å². The first-order chi connectivity index (χ1) is 9.54. The number of carbonyl (C=O) groups is 2. The third-order valence-corrected chi connectivity index (χ3v) is 4.20. The molecule has 1 aromatic heterocycles. The second-order valence-electron chi connectivity index (χ2n) is 5.52. The van der Waals surface area contributed by atoms with Crippen LogP contribution in [0.3, 0.4) is 0 Å². The van der Waals surface area contributed by atoms with E-state index < -0.39 is 11.5 Å². The van der Waals surface area contributed by atoms with Crippen molar-refractivity contribution in [3.63, 3.8) is 0 Å². The highest BCUT2D eigenvalue weighted by molar-refractivity contribution is 5.87. The Morgan fingerprint density at radius 2 is 2.30 bits per heavy atom. The van der Waals surface area contributed by atoms with Crippen molar-refractivity contribution in [2.24, 2.45) is 5.92 Å². The SMILES string of the molecule is CC1CCCCC1(NC(=O)CCn1ccnc1)C(=O)O. The van der Waals surface area contributed by atoms with E-state index in [1.54, 1.807) is 23.3 Å². The van der Waals surface area contributed by atoms with Gasteiger partial charge in [-0.1, -0.05) is 19.8 Å². The van der Waals surface area contributed by atoms with Crippen LogP contribution >= 0.6 is 0 Å². The van der Waals surface area contributed by atoms with Crippen molar-refractivity contribution in [3.8, 4) is 0 Å². The predicted molar refractivity (Wildman–Crippen MR) is 73.0 cm³/mol. The van der Waals surface area contributed by atoms with Gasteiger partial charge in [0.05, 0.1) is 6.33 Å². The number of aromatic nitrogens is 2. The lowest BCUT2D eigenvalue weighted by molar-refractivity contribution is -0.152. The summed E-state index contributed by atoms with van der Waals surface area (Å²) in [5.74, 6) is -1.17. The minimum atomic E-state index is -1.09. The zero-order valence-corrected chi connectivity index (χ0v) is 11.7. The van der Waals surface area contributed by atoms with Gasteiger partial charge in [-0.3, -0.25) is 4.79 Å². The summed E-state index contributed by atoms with van der Waals surface area (Å²) >= 11 is 0. The molecule has 2 atom stereocenters. The Labute approximate surface area is 118 Å². The minimum absolute atomic E-state index is 0.0362. The van der Waals surface area contributed by atoms with Crippen LogP contribution in [-0.2, 0) is 16.1 Å². The van der Waals surface area contributed by atoms with Gasteiger partial charge in [0.15, 0.2) is 0 Å². The quantitative estimate of drug-likeness (QED) is 0.853. The van der Waals surface area contributed by atoms with Crippen LogP contribution in [-0.4, -0.2) is 32.1 Å². The number of hydrogen-bond acceptors (Lipinski definition) is 3. The fourth-order valence-corrected chi connectivity index (χ4v) is 2.86. The normalized spacial score (nSPS) is 26.1. The number of amides is 1. The predicted octanol–water partition coefficient (Wildman–Crippen LogP) is 1.42. The highest BCUT2D eigenvalue weighted by Gasteiger charge is 2.46. The number of hydrogen-bond donors (Lipinski definition) is 2. The van der Waals surface area contributed by atoms with Crippen molar-refractivity contribution < 1.29 is 14.7 Å². The van der Waals surface area contributed by atoms with Crippen molar-refractivity contribution in [1.29, 1.82) is 0 Å². The van der Waals surface area contributed by atoms with Crippen molar-refractivity contribution in [2.45, 2.75) is 51.1 Å². The third-order valence-electron chi connectivity index (χ3n) is 4.20. The summed E-state index contributed by atoms with van der Waals surface area (Å²) in [5, 5.41) is 12.3. The van der Waals surface area contributed by atoms with Crippen LogP contribution in [0, 0.1) is 5.92 Å². The maximum Gasteiger partial charge on any atom is 0.329 e. The molecule has 1 aromatic rings. The van der Waals surface area contributed by atoms with Crippen molar-refractivity contribution >= 4 is 11.9 Å². The lowest BCUT2D eigenvalue weighted by atomic mass is 9.73. The molecule has 0 aliphatic heterocycles. The van der Waals surface area contributed by atoms with Crippen molar-refractivity contribution in [3.05, 3.63) is 18.7 Å². The molecule has 6 heteroatoms. The molecule has 1 fully saturated rings. The summed E-state index contributed by atoms with van der Waals surface area (Å²) < 4.78 is 1.80. The summed E-state index contributed by atoms with van der Waals surface area (Å²) in [6.07, 6.45) is 8.57. The van der Waals surface area contributed by atoms with E-state index in [1.807, 2.05) is 6.92 Å². The summed E-state index contributed by atoms with van der Waals surface area (Å²) in [5.41, 5.74) is -1.09. The molecule has 0 saturated heterocycles. The first-order valence-electron chi connectivity index (χ1n) is 7.05. The van der Waals surface area contributed by atoms with Gasteiger partial charge in [-0.25, -0.2) is 9.78 Å². The number of imidazole rings is 1. The van der Waals surface area contributed by atoms with E-state index in [0.717, 1.165) is 19.3 Å². The number of carboxylic acids is 1. The zero-order chi connectivity index (χ0) is 14.6. The van der Waals surface area contributed by atoms with Gasteiger partial charge in [-0.15, -0.1) is 0 Å². The summed E-state index contributed by atoms with van der Waals surface area (Å²) in [7, 11) is 0. The molecule has 2 rings (SSSR count). The van der Waals surface area contributed by atoms with Crippen molar-refractivity contribution in [1.82, 2.24) is 14.9 Å². The average molecular weight is 279 g/mol. The molecule has 0 bridgehead atoms. The fourth-order valence-electron chi connectivity index (χ4n) is 2.86. The standard InChI is InChI=1S/C14H21N3O3/c1-11-4-2-3-6-14(11,13(19)20)16-12(18)5-8-17-9-7-15-10-17/h7,9-11H,2-6,8H2,1H3,(H,16,18)(H,19,20). The number of aliphatic carboxylic acids is 1. The fraction of sp³-hybridized carbons (Fsp3) is 0.643. The number of carboxylic acid groups (broad SMARTS) is 1. The first-order valence-corrected chi connectivity index (χ1v) is 7.05. The Kier molecular flexibility index (Phi) is 4.42. The molecular weight excluding hydrogens is 258 g/mol. The summed E-state index contributed by atoms with van der Waals surface area (Å²) in [6, 6.07) is 0. The Hall–Kier alpha value is -1.85. The molecule has 1 heterocycles. The minimum Gasteiger partial charge on any atom is -0.479 e. The molecule has 0 radical (unpaired) electrons. The van der Waals surface area contributed by atoms with Gasteiger partial charge < -0.3 is 15.0 Å². The molecule has 20 heavy (non-hydrogen) atoms. The lowest BCUT2D eigenvalue weighted by Crippen LogP contribution is -2.60. The Morgan fingerprint density at radius 3 is 2.90 bits per heavy atom. The maximum absolute atomic E-state index is 12.1. The summed E-state index contributed by atoms with van der Waals surface area (Å²) in [6.45, 7) is 2.42. The molecule has 1 saturated carbocycles. The molecule has 1 amide bonds. The van der Waals surface area contributed by atoms with Crippen LogP contribution in [0.2, 0.25) is 0 Å². The average Bonchev–Trinajstić information content (AvgIpc) is 2.92. The lowest BCUT2D eigenvalue weighted by Gasteiger charge is -2.39. The van der Waals surface area contributed by atoms with Gasteiger partial charge in [0.1, 0.15) is 5.54 Å². The monoisotopic (exact) mass is 279 g/mol. The van der Waals surface area contributed by atoms with Gasteiger partial charge in [-0.05, 0) is 18.8 Å². The highest BCUT2D eigenvalue weighted by Crippen LogP contribution is 2.34. The maximum atomic E-state index is 12.1. The van der Waals surface area contributed by atoms with E-state index in [9.17, 15) is 14.7 Å². The highest BCUT2D eigenvalue weighted by atomic mass is 16.4. The van der Waals surface area contributed by atoms with E-state index in [1.165, 1.54) is 0 Å². The van der Waals surface area contributed by atoms with Crippen LogP contribution in [0.25, 0.3) is 0 Å². The van der Waals surface area contributed by atoms with Crippen LogP contribution in [0.1, 0.15) is 39.0 Å². The van der Waals surface area contributed by atoms with Crippen LogP contribution < -0.4 is 5.32 Å². The van der Waals surface area contributed by atoms with Gasteiger partial charge in [-0.2, -0.15) is 0 Å². The van der Waals surface area contributed by atoms with Gasteiger partial charge in [0.25, 0.3) is 0 Å². The topological polar surface area (TPSA) is 84.2 Å². The van der Waals surface area contributed by atoms with Gasteiger partial charge in [0.2, 0.25) is 5.91 Å². The number of nitrogens with one attached hydrogen (secondary N) is 1. The second kappa shape index (κ2) is 6.07. The Morgan fingerprint density at radius 1 is 1.50 bits per heavy atom. The molecule has 1 aliphatic rings. The molecule has 0 spiro atoms. The molecule has 110 valence electrons. The number of rotatable bonds is 5. The zero-order valence-electron chi connectivity index (χ0n) is 11.7. The van der Waals surface area contributed by atoms with Crippen LogP contribution in [0.4, 0.5) is 0 Å². The molecule has 2 unspecified atom stereocenters. The van der Waals surface area contributed by atoms with E-state index in [-0.39, 0.29) is 18.2 Å². The Balaban J connectivity index is 1.97. The van der Waals surface area contributed by atoms with E-state index in [2.05, 4.69) is 10.3 Å². The van der Waals surface area contributed by atoms with Gasteiger partial charge in [0, 0.05) is 25.4 Å². The molecule has 2 N–H and O–H groups in total. The van der Waals surface area contributed by atoms with Crippen LogP contribution in [0.15, 0.2) is 18.7 Å². The molecule has 1 aliphatic carbocycles. The number of aryl methyl sites for hydroxylation is 1. The second-order valence-corrected chi connectivity index (χ2v) is 5.52. The Bertz CT molecular complexity index is 472. The largest absolute Gasteiger partial charge is 0.479 e. The smallest absolute Gasteiger partial charge is 0.329 e.